The molecule has 5 heteroatoms. The van der Waals surface area contributed by atoms with Gasteiger partial charge in [0.15, 0.2) is 0 Å². The first kappa shape index (κ1) is 10.2. The lowest BCUT2D eigenvalue weighted by Crippen LogP contribution is -2.29. The van der Waals surface area contributed by atoms with Crippen LogP contribution in [-0.4, -0.2) is 16.2 Å². The van der Waals surface area contributed by atoms with Gasteiger partial charge in [0.2, 0.25) is 0 Å². The van der Waals surface area contributed by atoms with Gasteiger partial charge in [-0.3, -0.25) is 4.79 Å². The van der Waals surface area contributed by atoms with Crippen LogP contribution in [0.3, 0.4) is 0 Å². The van der Waals surface area contributed by atoms with Crippen molar-refractivity contribution in [1.82, 2.24) is 4.98 Å². The summed E-state index contributed by atoms with van der Waals surface area (Å²) < 4.78 is 0. The van der Waals surface area contributed by atoms with Crippen molar-refractivity contribution < 1.29 is 5.11 Å². The highest BCUT2D eigenvalue weighted by Gasteiger charge is 2.15. The molecule has 0 aliphatic heterocycles. The molecule has 0 spiro atoms. The third-order valence-corrected chi connectivity index (χ3v) is 1.99. The Morgan fingerprint density at radius 2 is 2.31 bits per heavy atom. The predicted octanol–water partition coefficient (Wildman–Crippen LogP) is 0.409. The molecule has 0 amide bonds. The molecule has 0 radical (unpaired) electrons. The van der Waals surface area contributed by atoms with Gasteiger partial charge in [-0.1, -0.05) is 11.6 Å². The molecule has 0 saturated heterocycles. The van der Waals surface area contributed by atoms with E-state index in [-0.39, 0.29) is 5.56 Å². The van der Waals surface area contributed by atoms with Crippen LogP contribution < -0.4 is 11.3 Å². The molecule has 0 aliphatic carbocycles. The van der Waals surface area contributed by atoms with E-state index in [0.717, 1.165) is 0 Å². The van der Waals surface area contributed by atoms with Gasteiger partial charge < -0.3 is 15.8 Å². The summed E-state index contributed by atoms with van der Waals surface area (Å²) in [6.07, 6.45) is 0.599. The van der Waals surface area contributed by atoms with Crippen molar-refractivity contribution >= 4 is 11.6 Å². The second-order valence-electron chi connectivity index (χ2n) is 2.87. The van der Waals surface area contributed by atoms with E-state index in [9.17, 15) is 4.79 Å². The molecule has 0 bridgehead atoms. The van der Waals surface area contributed by atoms with Gasteiger partial charge in [0, 0.05) is 11.8 Å². The van der Waals surface area contributed by atoms with Crippen LogP contribution in [0.4, 0.5) is 0 Å². The maximum atomic E-state index is 11.2. The number of pyridine rings is 1. The Morgan fingerprint density at radius 3 is 2.85 bits per heavy atom. The first-order valence-electron chi connectivity index (χ1n) is 3.84. The first-order valence-corrected chi connectivity index (χ1v) is 4.22. The molecule has 0 fully saturated rings. The van der Waals surface area contributed by atoms with Crippen LogP contribution in [0.5, 0.6) is 0 Å². The number of hydrogen-bond acceptors (Lipinski definition) is 3. The van der Waals surface area contributed by atoms with E-state index in [1.54, 1.807) is 0 Å². The molecular weight excluding hydrogens is 192 g/mol. The van der Waals surface area contributed by atoms with Crippen molar-refractivity contribution in [3.63, 3.8) is 0 Å². The molecule has 1 aromatic rings. The van der Waals surface area contributed by atoms with Crippen molar-refractivity contribution in [3.8, 4) is 0 Å². The summed E-state index contributed by atoms with van der Waals surface area (Å²) in [4.78, 5) is 13.6. The number of halogens is 1. The summed E-state index contributed by atoms with van der Waals surface area (Å²) in [6.45, 7) is 1.52. The summed E-state index contributed by atoms with van der Waals surface area (Å²) in [6, 6.07) is 0.750. The molecular formula is C8H11ClN2O2. The average molecular weight is 203 g/mol. The van der Waals surface area contributed by atoms with Gasteiger partial charge in [-0.25, -0.2) is 0 Å². The van der Waals surface area contributed by atoms with Crippen LogP contribution in [0.25, 0.3) is 0 Å². The largest absolute Gasteiger partial charge is 0.391 e. The van der Waals surface area contributed by atoms with Gasteiger partial charge in [-0.2, -0.15) is 0 Å². The zero-order valence-electron chi connectivity index (χ0n) is 7.12. The summed E-state index contributed by atoms with van der Waals surface area (Å²) in [5.41, 5.74) is 5.55. The minimum Gasteiger partial charge on any atom is -0.391 e. The van der Waals surface area contributed by atoms with Gasteiger partial charge in [0.05, 0.1) is 17.2 Å². The Balaban J connectivity index is 3.13. The second kappa shape index (κ2) is 3.91. The fourth-order valence-corrected chi connectivity index (χ4v) is 1.15. The second-order valence-corrected chi connectivity index (χ2v) is 3.31. The molecule has 0 aliphatic rings. The number of aromatic nitrogens is 1. The van der Waals surface area contributed by atoms with Crippen LogP contribution in [0.2, 0.25) is 5.02 Å². The minimum absolute atomic E-state index is 0.294. The third-order valence-electron chi connectivity index (χ3n) is 1.78. The SMILES string of the molecule is C[C@H](O)[C@@H](N)c1cc(Cl)c[nH]c1=O. The quantitative estimate of drug-likeness (QED) is 0.650. The van der Waals surface area contributed by atoms with E-state index in [4.69, 9.17) is 22.4 Å². The lowest BCUT2D eigenvalue weighted by molar-refractivity contribution is 0.163. The number of hydrogen-bond donors (Lipinski definition) is 3. The van der Waals surface area contributed by atoms with Crippen LogP contribution in [0.15, 0.2) is 17.1 Å². The molecule has 1 aromatic heterocycles. The van der Waals surface area contributed by atoms with E-state index in [1.807, 2.05) is 0 Å². The molecule has 0 aromatic carbocycles. The van der Waals surface area contributed by atoms with Crippen molar-refractivity contribution in [2.24, 2.45) is 5.73 Å². The molecule has 4 nitrogen and oxygen atoms in total. The molecule has 0 unspecified atom stereocenters. The number of aliphatic hydroxyl groups is 1. The van der Waals surface area contributed by atoms with Gasteiger partial charge in [-0.15, -0.1) is 0 Å². The zero-order valence-corrected chi connectivity index (χ0v) is 7.88. The highest BCUT2D eigenvalue weighted by atomic mass is 35.5. The summed E-state index contributed by atoms with van der Waals surface area (Å²) >= 11 is 5.66. The Labute approximate surface area is 80.3 Å². The van der Waals surface area contributed by atoms with Crippen molar-refractivity contribution in [1.29, 1.82) is 0 Å². The Bertz CT molecular complexity index is 348. The molecule has 13 heavy (non-hydrogen) atoms. The number of aromatic amines is 1. The van der Waals surface area contributed by atoms with E-state index >= 15 is 0 Å². The molecule has 72 valence electrons. The maximum Gasteiger partial charge on any atom is 0.252 e. The standard InChI is InChI=1S/C8H11ClN2O2/c1-4(12)7(10)6-2-5(9)3-11-8(6)13/h2-4,7,12H,10H2,1H3,(H,11,13)/t4-,7+/m0/s1. The average Bonchev–Trinajstić information content (AvgIpc) is 2.08. The van der Waals surface area contributed by atoms with E-state index < -0.39 is 12.1 Å². The fraction of sp³-hybridized carbons (Fsp3) is 0.375. The van der Waals surface area contributed by atoms with Crippen molar-refractivity contribution in [3.05, 3.63) is 33.2 Å². The molecule has 0 saturated carbocycles. The van der Waals surface area contributed by atoms with Crippen LogP contribution in [0, 0.1) is 0 Å². The summed E-state index contributed by atoms with van der Waals surface area (Å²) in [5, 5.41) is 9.56. The van der Waals surface area contributed by atoms with Crippen LogP contribution >= 0.6 is 11.6 Å². The molecule has 2 atom stereocenters. The van der Waals surface area contributed by atoms with Gasteiger partial charge in [0.1, 0.15) is 0 Å². The monoisotopic (exact) mass is 202 g/mol. The highest BCUT2D eigenvalue weighted by molar-refractivity contribution is 6.30. The maximum absolute atomic E-state index is 11.2. The normalized spacial score (nSPS) is 15.4. The van der Waals surface area contributed by atoms with Crippen LogP contribution in [-0.2, 0) is 0 Å². The Hall–Kier alpha value is -0.840. The highest BCUT2D eigenvalue weighted by Crippen LogP contribution is 2.13. The van der Waals surface area contributed by atoms with E-state index in [0.29, 0.717) is 10.6 Å². The Morgan fingerprint density at radius 1 is 1.69 bits per heavy atom. The third kappa shape index (κ3) is 2.30. The molecule has 4 N–H and O–H groups in total. The molecule has 1 rings (SSSR count). The lowest BCUT2D eigenvalue weighted by Gasteiger charge is -2.13. The van der Waals surface area contributed by atoms with E-state index in [1.165, 1.54) is 19.2 Å². The van der Waals surface area contributed by atoms with Crippen LogP contribution in [0.1, 0.15) is 18.5 Å². The first-order chi connectivity index (χ1) is 6.02. The predicted molar refractivity (Wildman–Crippen MR) is 50.7 cm³/mol. The van der Waals surface area contributed by atoms with Crippen molar-refractivity contribution in [2.75, 3.05) is 0 Å². The Kier molecular flexibility index (Phi) is 3.08. The molecule has 1 heterocycles. The summed E-state index contributed by atoms with van der Waals surface area (Å²) in [5.74, 6) is 0. The number of nitrogens with two attached hydrogens (primary N) is 1. The topological polar surface area (TPSA) is 79.1 Å². The number of nitrogens with one attached hydrogen (secondary N) is 1. The van der Waals surface area contributed by atoms with Gasteiger partial charge in [-0.05, 0) is 13.0 Å². The van der Waals surface area contributed by atoms with Gasteiger partial charge >= 0.3 is 0 Å². The number of rotatable bonds is 2. The number of H-pyrrole nitrogens is 1. The smallest absolute Gasteiger partial charge is 0.252 e. The number of aliphatic hydroxyl groups excluding tert-OH is 1. The minimum atomic E-state index is -0.778. The van der Waals surface area contributed by atoms with E-state index in [2.05, 4.69) is 4.98 Å². The zero-order chi connectivity index (χ0) is 10.0. The lowest BCUT2D eigenvalue weighted by atomic mass is 10.1. The summed E-state index contributed by atoms with van der Waals surface area (Å²) in [7, 11) is 0. The van der Waals surface area contributed by atoms with Crippen molar-refractivity contribution in [2.45, 2.75) is 19.1 Å². The van der Waals surface area contributed by atoms with Gasteiger partial charge in [0.25, 0.3) is 5.56 Å². The fourth-order valence-electron chi connectivity index (χ4n) is 0.981.